The van der Waals surface area contributed by atoms with Crippen LogP contribution in [0.25, 0.3) is 0 Å². The van der Waals surface area contributed by atoms with E-state index in [1.165, 1.54) is 23.5 Å². The quantitative estimate of drug-likeness (QED) is 0.840. The first-order valence-corrected chi connectivity index (χ1v) is 7.76. The number of carbonyl (C=O) groups excluding carboxylic acids is 2. The molecule has 1 aromatic carbocycles. The molecule has 0 radical (unpaired) electrons. The lowest BCUT2D eigenvalue weighted by atomic mass is 10.2. The van der Waals surface area contributed by atoms with E-state index in [4.69, 9.17) is 11.6 Å². The number of hydrogen-bond acceptors (Lipinski definition) is 3. The molecule has 0 saturated heterocycles. The van der Waals surface area contributed by atoms with Crippen molar-refractivity contribution >= 4 is 34.8 Å². The molecule has 1 aromatic heterocycles. The van der Waals surface area contributed by atoms with Crippen molar-refractivity contribution in [2.45, 2.75) is 20.3 Å². The Labute approximate surface area is 136 Å². The minimum Gasteiger partial charge on any atom is -0.267 e. The van der Waals surface area contributed by atoms with Gasteiger partial charge in [0.1, 0.15) is 5.82 Å². The van der Waals surface area contributed by atoms with Crippen LogP contribution in [0.15, 0.2) is 24.3 Å². The summed E-state index contributed by atoms with van der Waals surface area (Å²) in [5.74, 6) is -1.92. The SMILES string of the molecule is CCc1sc(C(=O)NNC(=O)c2cc(Cl)ccc2F)cc1C. The van der Waals surface area contributed by atoms with Gasteiger partial charge in [-0.25, -0.2) is 4.39 Å². The average Bonchev–Trinajstić information content (AvgIpc) is 2.88. The number of halogens is 2. The number of thiophene rings is 1. The van der Waals surface area contributed by atoms with E-state index in [0.29, 0.717) is 4.88 Å². The van der Waals surface area contributed by atoms with Crippen molar-refractivity contribution in [2.75, 3.05) is 0 Å². The first-order valence-electron chi connectivity index (χ1n) is 6.57. The van der Waals surface area contributed by atoms with Crippen LogP contribution in [0.3, 0.4) is 0 Å². The predicted molar refractivity (Wildman–Crippen MR) is 84.8 cm³/mol. The molecule has 2 N–H and O–H groups in total. The third-order valence-electron chi connectivity index (χ3n) is 3.03. The van der Waals surface area contributed by atoms with Gasteiger partial charge in [0.25, 0.3) is 11.8 Å². The topological polar surface area (TPSA) is 58.2 Å². The molecule has 7 heteroatoms. The number of hydrogen-bond donors (Lipinski definition) is 2. The normalized spacial score (nSPS) is 10.4. The van der Waals surface area contributed by atoms with Crippen LogP contribution in [0.1, 0.15) is 37.4 Å². The Hall–Kier alpha value is -1.92. The van der Waals surface area contributed by atoms with Gasteiger partial charge in [0.05, 0.1) is 10.4 Å². The molecule has 0 bridgehead atoms. The molecule has 116 valence electrons. The highest BCUT2D eigenvalue weighted by Crippen LogP contribution is 2.22. The van der Waals surface area contributed by atoms with Gasteiger partial charge in [0, 0.05) is 9.90 Å². The zero-order chi connectivity index (χ0) is 16.3. The summed E-state index contributed by atoms with van der Waals surface area (Å²) < 4.78 is 13.5. The fourth-order valence-corrected chi connectivity index (χ4v) is 3.08. The maximum absolute atomic E-state index is 13.5. The van der Waals surface area contributed by atoms with Crippen molar-refractivity contribution in [1.82, 2.24) is 10.9 Å². The lowest BCUT2D eigenvalue weighted by Gasteiger charge is -2.07. The Balaban J connectivity index is 2.04. The highest BCUT2D eigenvalue weighted by Gasteiger charge is 2.15. The molecule has 0 saturated carbocycles. The minimum absolute atomic E-state index is 0.232. The van der Waals surface area contributed by atoms with Crippen LogP contribution in [-0.2, 0) is 6.42 Å². The summed E-state index contributed by atoms with van der Waals surface area (Å²) in [6.07, 6.45) is 0.837. The fourth-order valence-electron chi connectivity index (χ4n) is 1.90. The number of aryl methyl sites for hydroxylation is 2. The molecule has 2 rings (SSSR count). The van der Waals surface area contributed by atoms with Gasteiger partial charge in [-0.3, -0.25) is 20.4 Å². The summed E-state index contributed by atoms with van der Waals surface area (Å²) in [6.45, 7) is 3.93. The highest BCUT2D eigenvalue weighted by molar-refractivity contribution is 7.14. The molecule has 1 heterocycles. The molecular weight excluding hydrogens is 327 g/mol. The fraction of sp³-hybridized carbons (Fsp3) is 0.200. The molecular formula is C15H14ClFN2O2S. The van der Waals surface area contributed by atoms with Crippen LogP contribution in [0.2, 0.25) is 5.02 Å². The van der Waals surface area contributed by atoms with Gasteiger partial charge in [-0.1, -0.05) is 18.5 Å². The second-order valence-corrected chi connectivity index (χ2v) is 6.18. The standard InChI is InChI=1S/C15H14ClFN2O2S/c1-3-12-8(2)6-13(22-12)15(21)19-18-14(20)10-7-9(16)4-5-11(10)17/h4-7H,3H2,1-2H3,(H,18,20)(H,19,21). The predicted octanol–water partition coefficient (Wildman–Crippen LogP) is 3.49. The molecule has 0 fully saturated rings. The van der Waals surface area contributed by atoms with E-state index in [-0.39, 0.29) is 10.6 Å². The third kappa shape index (κ3) is 3.64. The zero-order valence-electron chi connectivity index (χ0n) is 12.0. The van der Waals surface area contributed by atoms with Crippen molar-refractivity contribution < 1.29 is 14.0 Å². The number of rotatable bonds is 3. The maximum atomic E-state index is 13.5. The average molecular weight is 341 g/mol. The first-order chi connectivity index (χ1) is 10.4. The summed E-state index contributed by atoms with van der Waals surface area (Å²) in [4.78, 5) is 25.4. The van der Waals surface area contributed by atoms with Gasteiger partial charge in [-0.05, 0) is 43.2 Å². The van der Waals surface area contributed by atoms with E-state index in [1.54, 1.807) is 6.07 Å². The number of hydrazine groups is 1. The monoisotopic (exact) mass is 340 g/mol. The van der Waals surface area contributed by atoms with Crippen molar-refractivity contribution in [3.8, 4) is 0 Å². The van der Waals surface area contributed by atoms with E-state index >= 15 is 0 Å². The Bertz CT molecular complexity index is 730. The van der Waals surface area contributed by atoms with Gasteiger partial charge in [-0.15, -0.1) is 11.3 Å². The second kappa shape index (κ2) is 6.89. The third-order valence-corrected chi connectivity index (χ3v) is 4.64. The molecule has 0 spiro atoms. The first kappa shape index (κ1) is 16.5. The Morgan fingerprint density at radius 1 is 1.23 bits per heavy atom. The minimum atomic E-state index is -0.766. The smallest absolute Gasteiger partial charge is 0.267 e. The van der Waals surface area contributed by atoms with Crippen LogP contribution in [0.5, 0.6) is 0 Å². The molecule has 0 atom stereocenters. The maximum Gasteiger partial charge on any atom is 0.279 e. The Morgan fingerprint density at radius 2 is 1.91 bits per heavy atom. The van der Waals surface area contributed by atoms with Crippen molar-refractivity contribution in [3.63, 3.8) is 0 Å². The summed E-state index contributed by atoms with van der Waals surface area (Å²) in [7, 11) is 0. The Kier molecular flexibility index (Phi) is 5.15. The number of benzene rings is 1. The van der Waals surface area contributed by atoms with Crippen LogP contribution in [-0.4, -0.2) is 11.8 Å². The van der Waals surface area contributed by atoms with Crippen molar-refractivity contribution in [2.24, 2.45) is 0 Å². The summed E-state index contributed by atoms with van der Waals surface area (Å²) in [5, 5.41) is 0.236. The lowest BCUT2D eigenvalue weighted by molar-refractivity contribution is 0.0846. The van der Waals surface area contributed by atoms with Crippen LogP contribution in [0, 0.1) is 12.7 Å². The van der Waals surface area contributed by atoms with Crippen molar-refractivity contribution in [1.29, 1.82) is 0 Å². The molecule has 0 aliphatic heterocycles. The molecule has 2 aromatic rings. The van der Waals surface area contributed by atoms with Crippen LogP contribution < -0.4 is 10.9 Å². The lowest BCUT2D eigenvalue weighted by Crippen LogP contribution is -2.41. The van der Waals surface area contributed by atoms with Gasteiger partial charge in [0.15, 0.2) is 0 Å². The number of nitrogens with one attached hydrogen (secondary N) is 2. The van der Waals surface area contributed by atoms with E-state index in [1.807, 2.05) is 13.8 Å². The zero-order valence-corrected chi connectivity index (χ0v) is 13.6. The number of carbonyl (C=O) groups is 2. The van der Waals surface area contributed by atoms with Gasteiger partial charge in [-0.2, -0.15) is 0 Å². The molecule has 22 heavy (non-hydrogen) atoms. The van der Waals surface area contributed by atoms with E-state index in [9.17, 15) is 14.0 Å². The van der Waals surface area contributed by atoms with Gasteiger partial charge in [0.2, 0.25) is 0 Å². The summed E-state index contributed by atoms with van der Waals surface area (Å²) in [5.41, 5.74) is 5.25. The van der Waals surface area contributed by atoms with E-state index in [0.717, 1.165) is 22.9 Å². The molecule has 0 unspecified atom stereocenters. The van der Waals surface area contributed by atoms with Gasteiger partial charge >= 0.3 is 0 Å². The van der Waals surface area contributed by atoms with Crippen molar-refractivity contribution in [3.05, 3.63) is 56.0 Å². The van der Waals surface area contributed by atoms with Gasteiger partial charge < -0.3 is 0 Å². The largest absolute Gasteiger partial charge is 0.279 e. The summed E-state index contributed by atoms with van der Waals surface area (Å²) in [6, 6.07) is 5.38. The summed E-state index contributed by atoms with van der Waals surface area (Å²) >= 11 is 7.09. The van der Waals surface area contributed by atoms with E-state index < -0.39 is 17.6 Å². The van der Waals surface area contributed by atoms with Crippen LogP contribution in [0.4, 0.5) is 4.39 Å². The Morgan fingerprint density at radius 3 is 2.55 bits per heavy atom. The number of amides is 2. The van der Waals surface area contributed by atoms with E-state index in [2.05, 4.69) is 10.9 Å². The molecule has 0 aliphatic carbocycles. The highest BCUT2D eigenvalue weighted by atomic mass is 35.5. The van der Waals surface area contributed by atoms with Crippen LogP contribution >= 0.6 is 22.9 Å². The molecule has 2 amide bonds. The molecule has 4 nitrogen and oxygen atoms in total. The molecule has 0 aliphatic rings. The second-order valence-electron chi connectivity index (χ2n) is 4.60.